The minimum absolute atomic E-state index is 0.0860. The van der Waals surface area contributed by atoms with Gasteiger partial charge in [0, 0.05) is 43.3 Å². The van der Waals surface area contributed by atoms with Crippen molar-refractivity contribution in [3.05, 3.63) is 58.1 Å². The number of fused-ring (bicyclic) bond motifs is 1. The Morgan fingerprint density at radius 2 is 1.96 bits per heavy atom. The van der Waals surface area contributed by atoms with E-state index in [0.717, 1.165) is 25.3 Å². The monoisotopic (exact) mass is 341 g/mol. The molecule has 0 saturated carbocycles. The van der Waals surface area contributed by atoms with Crippen molar-refractivity contribution in [3.63, 3.8) is 0 Å². The highest BCUT2D eigenvalue weighted by molar-refractivity contribution is 5.56. The van der Waals surface area contributed by atoms with Gasteiger partial charge >= 0.3 is 0 Å². The number of rotatable bonds is 4. The van der Waals surface area contributed by atoms with Crippen LogP contribution in [0, 0.1) is 10.1 Å². The lowest BCUT2D eigenvalue weighted by Crippen LogP contribution is -2.52. The number of ether oxygens (including phenoxy) is 2. The fourth-order valence-electron chi connectivity index (χ4n) is 3.46. The maximum absolute atomic E-state index is 11.5. The molecule has 2 heterocycles. The Morgan fingerprint density at radius 1 is 1.20 bits per heavy atom. The third kappa shape index (κ3) is 3.10. The van der Waals surface area contributed by atoms with E-state index in [4.69, 9.17) is 9.47 Å². The number of nitro groups is 1. The van der Waals surface area contributed by atoms with Crippen molar-refractivity contribution in [2.75, 3.05) is 31.3 Å². The molecule has 7 heteroatoms. The molecule has 25 heavy (non-hydrogen) atoms. The Hall–Kier alpha value is -2.80. The summed E-state index contributed by atoms with van der Waals surface area (Å²) in [5.41, 5.74) is 1.89. The zero-order chi connectivity index (χ0) is 17.2. The molecule has 1 N–H and O–H groups in total. The van der Waals surface area contributed by atoms with Crippen molar-refractivity contribution in [1.29, 1.82) is 0 Å². The highest BCUT2D eigenvalue weighted by Crippen LogP contribution is 2.38. The summed E-state index contributed by atoms with van der Waals surface area (Å²) < 4.78 is 10.7. The van der Waals surface area contributed by atoms with E-state index in [0.29, 0.717) is 23.5 Å². The molecule has 0 aromatic heterocycles. The van der Waals surface area contributed by atoms with Gasteiger partial charge in [0.1, 0.15) is 0 Å². The Labute approximate surface area is 145 Å². The van der Waals surface area contributed by atoms with E-state index in [1.165, 1.54) is 6.07 Å². The molecule has 4 rings (SSSR count). The molecule has 1 atom stereocenters. The predicted molar refractivity (Wildman–Crippen MR) is 93.4 cm³/mol. The van der Waals surface area contributed by atoms with E-state index in [9.17, 15) is 10.1 Å². The minimum atomic E-state index is -0.347. The van der Waals surface area contributed by atoms with Crippen LogP contribution in [0.1, 0.15) is 5.56 Å². The van der Waals surface area contributed by atoms with Crippen LogP contribution in [0.5, 0.6) is 11.5 Å². The number of hydrogen-bond donors (Lipinski definition) is 1. The summed E-state index contributed by atoms with van der Waals surface area (Å²) in [6.07, 6.45) is 0.564. The van der Waals surface area contributed by atoms with E-state index in [1.54, 1.807) is 6.07 Å². The van der Waals surface area contributed by atoms with Crippen LogP contribution in [-0.4, -0.2) is 37.4 Å². The third-order valence-electron chi connectivity index (χ3n) is 4.66. The maximum Gasteiger partial charge on any atom is 0.276 e. The van der Waals surface area contributed by atoms with E-state index in [1.807, 2.05) is 18.2 Å². The van der Waals surface area contributed by atoms with Gasteiger partial charge in [-0.25, -0.2) is 0 Å². The lowest BCUT2D eigenvalue weighted by molar-refractivity contribution is -0.385. The standard InChI is InChI=1S/C18H19N3O4/c22-21(23)16-10-18-17(24-12-25-18)9-13(16)8-15-11-19-6-7-20(15)14-4-2-1-3-5-14/h1-5,9-10,15,19H,6-8,11-12H2. The largest absolute Gasteiger partial charge is 0.454 e. The molecule has 1 saturated heterocycles. The van der Waals surface area contributed by atoms with Crippen LogP contribution in [0.15, 0.2) is 42.5 Å². The van der Waals surface area contributed by atoms with Gasteiger partial charge in [-0.2, -0.15) is 0 Å². The van der Waals surface area contributed by atoms with Gasteiger partial charge in [0.15, 0.2) is 11.5 Å². The van der Waals surface area contributed by atoms with Gasteiger partial charge in [-0.05, 0) is 18.2 Å². The second-order valence-corrected chi connectivity index (χ2v) is 6.18. The smallest absolute Gasteiger partial charge is 0.276 e. The summed E-state index contributed by atoms with van der Waals surface area (Å²) in [7, 11) is 0. The summed E-state index contributed by atoms with van der Waals surface area (Å²) in [4.78, 5) is 13.5. The highest BCUT2D eigenvalue weighted by atomic mass is 16.7. The van der Waals surface area contributed by atoms with Crippen molar-refractivity contribution in [2.45, 2.75) is 12.5 Å². The first-order valence-electron chi connectivity index (χ1n) is 8.31. The Balaban J connectivity index is 1.65. The van der Waals surface area contributed by atoms with Gasteiger partial charge < -0.3 is 19.7 Å². The molecule has 0 amide bonds. The van der Waals surface area contributed by atoms with Gasteiger partial charge in [-0.15, -0.1) is 0 Å². The Kier molecular flexibility index (Phi) is 4.15. The Morgan fingerprint density at radius 3 is 2.72 bits per heavy atom. The summed E-state index contributed by atoms with van der Waals surface area (Å²) in [5.74, 6) is 1.02. The molecule has 0 radical (unpaired) electrons. The molecule has 7 nitrogen and oxygen atoms in total. The topological polar surface area (TPSA) is 76.9 Å². The van der Waals surface area contributed by atoms with E-state index in [2.05, 4.69) is 22.3 Å². The van der Waals surface area contributed by atoms with Crippen molar-refractivity contribution in [3.8, 4) is 11.5 Å². The number of hydrogen-bond acceptors (Lipinski definition) is 6. The van der Waals surface area contributed by atoms with Crippen molar-refractivity contribution >= 4 is 11.4 Å². The zero-order valence-corrected chi connectivity index (χ0v) is 13.7. The second-order valence-electron chi connectivity index (χ2n) is 6.18. The van der Waals surface area contributed by atoms with E-state index < -0.39 is 0 Å². The first kappa shape index (κ1) is 15.7. The fraction of sp³-hybridized carbons (Fsp3) is 0.333. The molecule has 0 bridgehead atoms. The number of nitrogens with zero attached hydrogens (tertiary/aromatic N) is 2. The summed E-state index contributed by atoms with van der Waals surface area (Å²) in [5, 5.41) is 14.9. The van der Waals surface area contributed by atoms with Crippen molar-refractivity contribution in [1.82, 2.24) is 5.32 Å². The van der Waals surface area contributed by atoms with Crippen molar-refractivity contribution < 1.29 is 14.4 Å². The third-order valence-corrected chi connectivity index (χ3v) is 4.66. The Bertz CT molecular complexity index is 781. The average Bonchev–Trinajstić information content (AvgIpc) is 3.09. The number of para-hydroxylation sites is 1. The number of benzene rings is 2. The van der Waals surface area contributed by atoms with Crippen LogP contribution in [-0.2, 0) is 6.42 Å². The normalized spacial score (nSPS) is 19.0. The number of anilines is 1. The molecule has 2 aromatic rings. The van der Waals surface area contributed by atoms with Gasteiger partial charge in [-0.3, -0.25) is 10.1 Å². The molecule has 2 aromatic carbocycles. The number of piperazine rings is 1. The number of nitro benzene ring substituents is 1. The fourth-order valence-corrected chi connectivity index (χ4v) is 3.46. The molecular formula is C18H19N3O4. The van der Waals surface area contributed by atoms with Crippen LogP contribution >= 0.6 is 0 Å². The van der Waals surface area contributed by atoms with Gasteiger partial charge in [0.2, 0.25) is 6.79 Å². The zero-order valence-electron chi connectivity index (χ0n) is 13.7. The lowest BCUT2D eigenvalue weighted by atomic mass is 10.00. The molecule has 0 aliphatic carbocycles. The van der Waals surface area contributed by atoms with Crippen LogP contribution in [0.3, 0.4) is 0 Å². The van der Waals surface area contributed by atoms with Gasteiger partial charge in [0.25, 0.3) is 5.69 Å². The second kappa shape index (κ2) is 6.60. The summed E-state index contributed by atoms with van der Waals surface area (Å²) in [6.45, 7) is 2.65. The molecule has 2 aliphatic heterocycles. The van der Waals surface area contributed by atoms with Crippen LogP contribution in [0.25, 0.3) is 0 Å². The molecular weight excluding hydrogens is 322 g/mol. The highest BCUT2D eigenvalue weighted by Gasteiger charge is 2.28. The van der Waals surface area contributed by atoms with Gasteiger partial charge in [0.05, 0.1) is 11.0 Å². The van der Waals surface area contributed by atoms with Crippen molar-refractivity contribution in [2.24, 2.45) is 0 Å². The van der Waals surface area contributed by atoms with Crippen LogP contribution < -0.4 is 19.7 Å². The van der Waals surface area contributed by atoms with E-state index >= 15 is 0 Å². The molecule has 130 valence electrons. The maximum atomic E-state index is 11.5. The van der Waals surface area contributed by atoms with Gasteiger partial charge in [-0.1, -0.05) is 18.2 Å². The molecule has 2 aliphatic rings. The average molecular weight is 341 g/mol. The first-order chi connectivity index (χ1) is 12.2. The quantitative estimate of drug-likeness (QED) is 0.679. The first-order valence-corrected chi connectivity index (χ1v) is 8.31. The SMILES string of the molecule is O=[N+]([O-])c1cc2c(cc1CC1CNCCN1c1ccccc1)OCO2. The predicted octanol–water partition coefficient (Wildman–Crippen LogP) is 2.34. The molecule has 1 fully saturated rings. The van der Waals surface area contributed by atoms with E-state index in [-0.39, 0.29) is 23.4 Å². The number of nitrogens with one attached hydrogen (secondary N) is 1. The molecule has 1 unspecified atom stereocenters. The van der Waals surface area contributed by atoms with Crippen LogP contribution in [0.4, 0.5) is 11.4 Å². The summed E-state index contributed by atoms with van der Waals surface area (Å²) in [6, 6.07) is 13.5. The molecule has 0 spiro atoms. The summed E-state index contributed by atoms with van der Waals surface area (Å²) >= 11 is 0. The lowest BCUT2D eigenvalue weighted by Gasteiger charge is -2.38. The minimum Gasteiger partial charge on any atom is -0.454 e. The van der Waals surface area contributed by atoms with Crippen LogP contribution in [0.2, 0.25) is 0 Å².